The van der Waals surface area contributed by atoms with Crippen molar-refractivity contribution in [3.8, 4) is 0 Å². The van der Waals surface area contributed by atoms with Gasteiger partial charge in [-0.3, -0.25) is 9.48 Å². The SMILES string of the molecule is Cn1nccc1C1C(C(=O)O)OCC(=O)N1C1CC1. The van der Waals surface area contributed by atoms with Crippen LogP contribution in [0.25, 0.3) is 0 Å². The highest BCUT2D eigenvalue weighted by atomic mass is 16.5. The highest BCUT2D eigenvalue weighted by Crippen LogP contribution is 2.39. The molecule has 1 aliphatic carbocycles. The van der Waals surface area contributed by atoms with Gasteiger partial charge in [-0.2, -0.15) is 5.10 Å². The molecule has 7 nitrogen and oxygen atoms in total. The van der Waals surface area contributed by atoms with Gasteiger partial charge in [0.25, 0.3) is 0 Å². The van der Waals surface area contributed by atoms with Gasteiger partial charge in [0.05, 0.1) is 5.69 Å². The molecule has 0 aromatic carbocycles. The van der Waals surface area contributed by atoms with Crippen LogP contribution in [0.3, 0.4) is 0 Å². The largest absolute Gasteiger partial charge is 0.479 e. The van der Waals surface area contributed by atoms with Crippen LogP contribution in [0.5, 0.6) is 0 Å². The van der Waals surface area contributed by atoms with E-state index in [0.717, 1.165) is 12.8 Å². The number of amides is 1. The standard InChI is InChI=1S/C12H15N3O4/c1-14-8(4-5-13-14)10-11(12(17)18)19-6-9(16)15(10)7-2-3-7/h4-5,7,10-11H,2-3,6H2,1H3,(H,17,18). The van der Waals surface area contributed by atoms with Gasteiger partial charge in [-0.15, -0.1) is 0 Å². The average molecular weight is 265 g/mol. The zero-order valence-corrected chi connectivity index (χ0v) is 10.5. The van der Waals surface area contributed by atoms with Crippen molar-refractivity contribution in [1.82, 2.24) is 14.7 Å². The minimum atomic E-state index is -1.05. The normalized spacial score (nSPS) is 27.6. The van der Waals surface area contributed by atoms with E-state index in [0.29, 0.717) is 5.69 Å². The summed E-state index contributed by atoms with van der Waals surface area (Å²) in [6.07, 6.45) is 2.41. The number of morpholine rings is 1. The first-order valence-electron chi connectivity index (χ1n) is 6.23. The molecular weight excluding hydrogens is 250 g/mol. The van der Waals surface area contributed by atoms with E-state index in [-0.39, 0.29) is 18.6 Å². The van der Waals surface area contributed by atoms with E-state index in [4.69, 9.17) is 4.74 Å². The number of hydrogen-bond donors (Lipinski definition) is 1. The molecule has 2 heterocycles. The van der Waals surface area contributed by atoms with E-state index in [2.05, 4.69) is 5.10 Å². The number of rotatable bonds is 3. The molecule has 1 aromatic heterocycles. The topological polar surface area (TPSA) is 84.7 Å². The Morgan fingerprint density at radius 1 is 1.53 bits per heavy atom. The zero-order chi connectivity index (χ0) is 13.6. The maximum absolute atomic E-state index is 12.0. The van der Waals surface area contributed by atoms with Gasteiger partial charge in [0.2, 0.25) is 5.91 Å². The van der Waals surface area contributed by atoms with Crippen LogP contribution in [0.1, 0.15) is 24.6 Å². The third kappa shape index (κ3) is 1.99. The van der Waals surface area contributed by atoms with Gasteiger partial charge in [0.15, 0.2) is 6.10 Å². The molecule has 1 aliphatic heterocycles. The summed E-state index contributed by atoms with van der Waals surface area (Å²) in [5.74, 6) is -1.20. The van der Waals surface area contributed by atoms with Crippen molar-refractivity contribution in [2.24, 2.45) is 7.05 Å². The smallest absolute Gasteiger partial charge is 0.335 e. The second kappa shape index (κ2) is 4.34. The van der Waals surface area contributed by atoms with Crippen LogP contribution in [-0.2, 0) is 21.4 Å². The molecule has 19 heavy (non-hydrogen) atoms. The molecule has 2 unspecified atom stereocenters. The molecule has 102 valence electrons. The fourth-order valence-electron chi connectivity index (χ4n) is 2.59. The number of ether oxygens (including phenoxy) is 1. The number of carboxylic acids is 1. The summed E-state index contributed by atoms with van der Waals surface area (Å²) in [6.45, 7) is -0.165. The van der Waals surface area contributed by atoms with Crippen molar-refractivity contribution < 1.29 is 19.4 Å². The predicted octanol–water partition coefficient (Wildman–Crippen LogP) is -0.0644. The number of carbonyl (C=O) groups is 2. The summed E-state index contributed by atoms with van der Waals surface area (Å²) in [7, 11) is 1.73. The Bertz CT molecular complexity index is 523. The number of aliphatic carboxylic acids is 1. The van der Waals surface area contributed by atoms with Crippen LogP contribution in [0.2, 0.25) is 0 Å². The molecule has 7 heteroatoms. The molecular formula is C12H15N3O4. The van der Waals surface area contributed by atoms with E-state index < -0.39 is 18.1 Å². The van der Waals surface area contributed by atoms with Gasteiger partial charge >= 0.3 is 5.97 Å². The third-order valence-electron chi connectivity index (χ3n) is 3.61. The number of carbonyl (C=O) groups excluding carboxylic acids is 1. The lowest BCUT2D eigenvalue weighted by atomic mass is 10.0. The first-order chi connectivity index (χ1) is 9.09. The lowest BCUT2D eigenvalue weighted by Crippen LogP contribution is -2.53. The minimum absolute atomic E-state index is 0.137. The monoisotopic (exact) mass is 265 g/mol. The van der Waals surface area contributed by atoms with Crippen molar-refractivity contribution in [2.45, 2.75) is 31.0 Å². The highest BCUT2D eigenvalue weighted by molar-refractivity contribution is 5.83. The van der Waals surface area contributed by atoms with E-state index in [1.807, 2.05) is 0 Å². The van der Waals surface area contributed by atoms with Crippen molar-refractivity contribution in [1.29, 1.82) is 0 Å². The van der Waals surface area contributed by atoms with Gasteiger partial charge in [-0.25, -0.2) is 4.79 Å². The van der Waals surface area contributed by atoms with Gasteiger partial charge < -0.3 is 14.7 Å². The summed E-state index contributed by atoms with van der Waals surface area (Å²) in [5, 5.41) is 13.4. The van der Waals surface area contributed by atoms with Gasteiger partial charge in [-0.1, -0.05) is 0 Å². The molecule has 1 saturated carbocycles. The Kier molecular flexibility index (Phi) is 2.78. The number of aryl methyl sites for hydroxylation is 1. The van der Waals surface area contributed by atoms with Crippen LogP contribution in [0.4, 0.5) is 0 Å². The van der Waals surface area contributed by atoms with Crippen LogP contribution in [0, 0.1) is 0 Å². The maximum Gasteiger partial charge on any atom is 0.335 e. The third-order valence-corrected chi connectivity index (χ3v) is 3.61. The quantitative estimate of drug-likeness (QED) is 0.827. The number of aromatic nitrogens is 2. The zero-order valence-electron chi connectivity index (χ0n) is 10.5. The Labute approximate surface area is 109 Å². The Hall–Kier alpha value is -1.89. The first kappa shape index (κ1) is 12.2. The molecule has 2 atom stereocenters. The Morgan fingerprint density at radius 3 is 2.79 bits per heavy atom. The fraction of sp³-hybridized carbons (Fsp3) is 0.583. The van der Waals surface area contributed by atoms with Crippen LogP contribution in [0.15, 0.2) is 12.3 Å². The van der Waals surface area contributed by atoms with Crippen molar-refractivity contribution in [2.75, 3.05) is 6.61 Å². The van der Waals surface area contributed by atoms with Gasteiger partial charge in [0, 0.05) is 19.3 Å². The second-order valence-corrected chi connectivity index (χ2v) is 4.93. The molecule has 3 rings (SSSR count). The first-order valence-corrected chi connectivity index (χ1v) is 6.23. The molecule has 1 aromatic rings. The highest BCUT2D eigenvalue weighted by Gasteiger charge is 2.48. The van der Waals surface area contributed by atoms with Gasteiger partial charge in [0.1, 0.15) is 12.6 Å². The van der Waals surface area contributed by atoms with E-state index in [1.54, 1.807) is 28.9 Å². The minimum Gasteiger partial charge on any atom is -0.479 e. The maximum atomic E-state index is 12.0. The Morgan fingerprint density at radius 2 is 2.26 bits per heavy atom. The predicted molar refractivity (Wildman–Crippen MR) is 63.2 cm³/mol. The summed E-state index contributed by atoms with van der Waals surface area (Å²) in [4.78, 5) is 25.1. The summed E-state index contributed by atoms with van der Waals surface area (Å²) < 4.78 is 6.81. The number of hydrogen-bond acceptors (Lipinski definition) is 4. The summed E-state index contributed by atoms with van der Waals surface area (Å²) in [6, 6.07) is 1.27. The van der Waals surface area contributed by atoms with Crippen molar-refractivity contribution in [3.05, 3.63) is 18.0 Å². The molecule has 0 bridgehead atoms. The van der Waals surface area contributed by atoms with E-state index >= 15 is 0 Å². The average Bonchev–Trinajstić information content (AvgIpc) is 3.10. The number of nitrogens with zero attached hydrogens (tertiary/aromatic N) is 3. The van der Waals surface area contributed by atoms with E-state index in [1.165, 1.54) is 0 Å². The van der Waals surface area contributed by atoms with Crippen molar-refractivity contribution >= 4 is 11.9 Å². The molecule has 1 amide bonds. The molecule has 1 N–H and O–H groups in total. The Balaban J connectivity index is 2.02. The molecule has 0 radical (unpaired) electrons. The van der Waals surface area contributed by atoms with Crippen LogP contribution < -0.4 is 0 Å². The molecule has 2 fully saturated rings. The summed E-state index contributed by atoms with van der Waals surface area (Å²) >= 11 is 0. The van der Waals surface area contributed by atoms with Crippen LogP contribution >= 0.6 is 0 Å². The summed E-state index contributed by atoms with van der Waals surface area (Å²) in [5.41, 5.74) is 0.687. The van der Waals surface area contributed by atoms with E-state index in [9.17, 15) is 14.7 Å². The number of carboxylic acid groups (broad SMARTS) is 1. The van der Waals surface area contributed by atoms with Crippen molar-refractivity contribution in [3.63, 3.8) is 0 Å². The molecule has 1 saturated heterocycles. The molecule has 2 aliphatic rings. The lowest BCUT2D eigenvalue weighted by molar-refractivity contribution is -0.174. The fourth-order valence-corrected chi connectivity index (χ4v) is 2.59. The lowest BCUT2D eigenvalue weighted by Gasteiger charge is -2.39. The second-order valence-electron chi connectivity index (χ2n) is 4.93. The molecule has 0 spiro atoms. The van der Waals surface area contributed by atoms with Crippen LogP contribution in [-0.4, -0.2) is 50.4 Å². The van der Waals surface area contributed by atoms with Gasteiger partial charge in [-0.05, 0) is 18.9 Å².